The lowest BCUT2D eigenvalue weighted by Gasteiger charge is -2.15. The first kappa shape index (κ1) is 14.4. The molecule has 0 aliphatic heterocycles. The molecular weight excluding hydrogens is 282 g/mol. The zero-order valence-electron chi connectivity index (χ0n) is 10.9. The van der Waals surface area contributed by atoms with Crippen LogP contribution in [0.1, 0.15) is 45.3 Å². The van der Waals surface area contributed by atoms with Gasteiger partial charge in [0.1, 0.15) is 11.9 Å². The predicted molar refractivity (Wildman–Crippen MR) is 73.3 cm³/mol. The van der Waals surface area contributed by atoms with Crippen molar-refractivity contribution in [1.82, 2.24) is 9.97 Å². The van der Waals surface area contributed by atoms with E-state index in [1.54, 1.807) is 0 Å². The molecule has 1 atom stereocenters. The first-order valence-corrected chi connectivity index (χ1v) is 6.85. The molecule has 1 aromatic rings. The lowest BCUT2D eigenvalue weighted by Crippen LogP contribution is -2.11. The SMILES string of the molecule is CCNc1nc(C(C)OCC)nc(CC)c1Br. The van der Waals surface area contributed by atoms with E-state index < -0.39 is 0 Å². The van der Waals surface area contributed by atoms with Gasteiger partial charge in [0.2, 0.25) is 0 Å². The largest absolute Gasteiger partial charge is 0.371 e. The van der Waals surface area contributed by atoms with Crippen LogP contribution in [0.2, 0.25) is 0 Å². The molecule has 4 nitrogen and oxygen atoms in total. The van der Waals surface area contributed by atoms with Crippen molar-refractivity contribution in [3.63, 3.8) is 0 Å². The van der Waals surface area contributed by atoms with E-state index in [9.17, 15) is 0 Å². The second-order valence-electron chi connectivity index (χ2n) is 3.67. The van der Waals surface area contributed by atoms with Crippen molar-refractivity contribution in [2.75, 3.05) is 18.5 Å². The molecular formula is C12H20BrN3O. The van der Waals surface area contributed by atoms with Gasteiger partial charge in [0.15, 0.2) is 5.82 Å². The second-order valence-corrected chi connectivity index (χ2v) is 4.47. The van der Waals surface area contributed by atoms with Gasteiger partial charge in [-0.1, -0.05) is 6.92 Å². The highest BCUT2D eigenvalue weighted by Crippen LogP contribution is 2.26. The quantitative estimate of drug-likeness (QED) is 0.875. The molecule has 0 aromatic carbocycles. The number of hydrogen-bond donors (Lipinski definition) is 1. The fourth-order valence-corrected chi connectivity index (χ4v) is 2.14. The molecule has 96 valence electrons. The van der Waals surface area contributed by atoms with Gasteiger partial charge in [-0.2, -0.15) is 0 Å². The van der Waals surface area contributed by atoms with Gasteiger partial charge in [-0.3, -0.25) is 0 Å². The zero-order chi connectivity index (χ0) is 12.8. The summed E-state index contributed by atoms with van der Waals surface area (Å²) in [6.45, 7) is 9.58. The molecule has 1 unspecified atom stereocenters. The Balaban J connectivity index is 3.10. The standard InChI is InChI=1S/C12H20BrN3O/c1-5-9-10(13)12(14-6-2)16-11(15-9)8(4)17-7-3/h8H,5-7H2,1-4H3,(H,14,15,16). The monoisotopic (exact) mass is 301 g/mol. The number of nitrogens with one attached hydrogen (secondary N) is 1. The average molecular weight is 302 g/mol. The number of anilines is 1. The van der Waals surface area contributed by atoms with E-state index in [4.69, 9.17) is 4.74 Å². The maximum absolute atomic E-state index is 5.53. The first-order chi connectivity index (χ1) is 8.13. The molecule has 0 aliphatic rings. The summed E-state index contributed by atoms with van der Waals surface area (Å²) in [5.41, 5.74) is 1.01. The summed E-state index contributed by atoms with van der Waals surface area (Å²) < 4.78 is 6.49. The summed E-state index contributed by atoms with van der Waals surface area (Å²) in [6.07, 6.45) is 0.795. The fraction of sp³-hybridized carbons (Fsp3) is 0.667. The normalized spacial score (nSPS) is 12.5. The summed E-state index contributed by atoms with van der Waals surface area (Å²) in [6, 6.07) is 0. The molecule has 1 heterocycles. The molecule has 17 heavy (non-hydrogen) atoms. The Morgan fingerprint density at radius 1 is 1.29 bits per heavy atom. The van der Waals surface area contributed by atoms with Crippen LogP contribution in [0.5, 0.6) is 0 Å². The van der Waals surface area contributed by atoms with Gasteiger partial charge in [-0.15, -0.1) is 0 Å². The third-order valence-electron chi connectivity index (χ3n) is 2.40. The van der Waals surface area contributed by atoms with Crippen molar-refractivity contribution in [1.29, 1.82) is 0 Å². The van der Waals surface area contributed by atoms with Crippen molar-refractivity contribution < 1.29 is 4.74 Å². The summed E-state index contributed by atoms with van der Waals surface area (Å²) in [5.74, 6) is 1.59. The number of ether oxygens (including phenoxy) is 1. The number of halogens is 1. The zero-order valence-corrected chi connectivity index (χ0v) is 12.5. The topological polar surface area (TPSA) is 47.0 Å². The van der Waals surface area contributed by atoms with Crippen molar-refractivity contribution in [2.45, 2.75) is 40.2 Å². The lowest BCUT2D eigenvalue weighted by molar-refractivity contribution is 0.0699. The van der Waals surface area contributed by atoms with Crippen molar-refractivity contribution >= 4 is 21.7 Å². The molecule has 5 heteroatoms. The highest BCUT2D eigenvalue weighted by atomic mass is 79.9. The molecule has 1 N–H and O–H groups in total. The van der Waals surface area contributed by atoms with E-state index in [1.807, 2.05) is 20.8 Å². The Morgan fingerprint density at radius 2 is 2.00 bits per heavy atom. The molecule has 0 saturated carbocycles. The Kier molecular flexibility index (Phi) is 5.85. The van der Waals surface area contributed by atoms with Gasteiger partial charge in [0, 0.05) is 13.2 Å². The van der Waals surface area contributed by atoms with Crippen molar-refractivity contribution in [2.24, 2.45) is 0 Å². The van der Waals surface area contributed by atoms with E-state index in [0.717, 1.165) is 34.8 Å². The first-order valence-electron chi connectivity index (χ1n) is 6.05. The second kappa shape index (κ2) is 6.91. The number of rotatable bonds is 6. The number of nitrogens with zero attached hydrogens (tertiary/aromatic N) is 2. The molecule has 0 radical (unpaired) electrons. The minimum absolute atomic E-state index is 0.0733. The van der Waals surface area contributed by atoms with Crippen LogP contribution in [0.25, 0.3) is 0 Å². The summed E-state index contributed by atoms with van der Waals surface area (Å²) in [5, 5.41) is 3.23. The van der Waals surface area contributed by atoms with Crippen molar-refractivity contribution in [3.8, 4) is 0 Å². The van der Waals surface area contributed by atoms with Gasteiger partial charge in [-0.25, -0.2) is 9.97 Å². The van der Waals surface area contributed by atoms with Crippen LogP contribution < -0.4 is 5.32 Å². The Bertz CT molecular complexity index is 371. The van der Waals surface area contributed by atoms with E-state index >= 15 is 0 Å². The predicted octanol–water partition coefficient (Wildman–Crippen LogP) is 3.33. The maximum Gasteiger partial charge on any atom is 0.159 e. The molecule has 0 spiro atoms. The van der Waals surface area contributed by atoms with Crippen LogP contribution in [0.4, 0.5) is 5.82 Å². The van der Waals surface area contributed by atoms with Crippen LogP contribution in [-0.2, 0) is 11.2 Å². The third-order valence-corrected chi connectivity index (χ3v) is 3.23. The molecule has 0 fully saturated rings. The van der Waals surface area contributed by atoms with E-state index in [-0.39, 0.29) is 6.10 Å². The number of aryl methyl sites for hydroxylation is 1. The summed E-state index contributed by atoms with van der Waals surface area (Å²) in [4.78, 5) is 9.02. The number of aromatic nitrogens is 2. The maximum atomic E-state index is 5.53. The molecule has 1 rings (SSSR count). The van der Waals surface area contributed by atoms with E-state index in [2.05, 4.69) is 38.1 Å². The molecule has 0 saturated heterocycles. The minimum atomic E-state index is -0.0733. The average Bonchev–Trinajstić information content (AvgIpc) is 2.32. The van der Waals surface area contributed by atoms with Crippen LogP contribution in [-0.4, -0.2) is 23.1 Å². The third kappa shape index (κ3) is 3.64. The van der Waals surface area contributed by atoms with Gasteiger partial charge in [-0.05, 0) is 43.1 Å². The smallest absolute Gasteiger partial charge is 0.159 e. The summed E-state index contributed by atoms with van der Waals surface area (Å²) >= 11 is 3.54. The highest BCUT2D eigenvalue weighted by molar-refractivity contribution is 9.10. The Hall–Kier alpha value is -0.680. The molecule has 0 bridgehead atoms. The lowest BCUT2D eigenvalue weighted by atomic mass is 10.3. The molecule has 0 amide bonds. The van der Waals surface area contributed by atoms with Crippen LogP contribution in [0.15, 0.2) is 4.47 Å². The number of hydrogen-bond acceptors (Lipinski definition) is 4. The highest BCUT2D eigenvalue weighted by Gasteiger charge is 2.15. The summed E-state index contributed by atoms with van der Waals surface area (Å²) in [7, 11) is 0. The van der Waals surface area contributed by atoms with Gasteiger partial charge in [0.25, 0.3) is 0 Å². The molecule has 1 aromatic heterocycles. The van der Waals surface area contributed by atoms with Gasteiger partial charge in [0.05, 0.1) is 10.2 Å². The van der Waals surface area contributed by atoms with Crippen LogP contribution >= 0.6 is 15.9 Å². The Labute approximate surface area is 111 Å². The van der Waals surface area contributed by atoms with E-state index in [1.165, 1.54) is 0 Å². The van der Waals surface area contributed by atoms with Crippen LogP contribution in [0.3, 0.4) is 0 Å². The fourth-order valence-electron chi connectivity index (χ4n) is 1.54. The van der Waals surface area contributed by atoms with E-state index in [0.29, 0.717) is 6.61 Å². The molecule has 0 aliphatic carbocycles. The van der Waals surface area contributed by atoms with Crippen LogP contribution in [0, 0.1) is 0 Å². The van der Waals surface area contributed by atoms with Gasteiger partial charge < -0.3 is 10.1 Å². The minimum Gasteiger partial charge on any atom is -0.371 e. The Morgan fingerprint density at radius 3 is 2.53 bits per heavy atom. The van der Waals surface area contributed by atoms with Gasteiger partial charge >= 0.3 is 0 Å². The van der Waals surface area contributed by atoms with Crippen molar-refractivity contribution in [3.05, 3.63) is 16.0 Å².